The maximum absolute atomic E-state index is 14.2. The van der Waals surface area contributed by atoms with Crippen molar-refractivity contribution in [2.75, 3.05) is 12.0 Å². The summed E-state index contributed by atoms with van der Waals surface area (Å²) >= 11 is 6.14. The maximum atomic E-state index is 14.2. The fraction of sp³-hybridized carbons (Fsp3) is 0.179. The Morgan fingerprint density at radius 3 is 2.51 bits per heavy atom. The van der Waals surface area contributed by atoms with Crippen LogP contribution in [-0.2, 0) is 4.79 Å². The lowest BCUT2D eigenvalue weighted by atomic mass is 9.67. The summed E-state index contributed by atoms with van der Waals surface area (Å²) in [4.78, 5) is 29.3. The summed E-state index contributed by atoms with van der Waals surface area (Å²) in [6.45, 7) is 0. The zero-order chi connectivity index (χ0) is 24.7. The minimum absolute atomic E-state index is 0.239. The number of carbonyl (C=O) groups is 2. The molecule has 0 spiro atoms. The van der Waals surface area contributed by atoms with Crippen molar-refractivity contribution < 1.29 is 14.3 Å². The first kappa shape index (κ1) is 22.7. The van der Waals surface area contributed by atoms with Gasteiger partial charge in [-0.1, -0.05) is 66.2 Å². The van der Waals surface area contributed by atoms with Gasteiger partial charge in [-0.05, 0) is 41.5 Å². The van der Waals surface area contributed by atoms with Crippen molar-refractivity contribution in [3.05, 3.63) is 101 Å². The first-order chi connectivity index (χ1) is 16.9. The lowest BCUT2D eigenvalue weighted by molar-refractivity contribution is -0.125. The number of carbonyl (C=O) groups excluding carboxylic acids is 2. The molecule has 2 aliphatic rings. The van der Waals surface area contributed by atoms with Gasteiger partial charge in [0.1, 0.15) is 11.8 Å². The van der Waals surface area contributed by atoms with Crippen LogP contribution in [0.5, 0.6) is 5.75 Å². The van der Waals surface area contributed by atoms with Crippen LogP contribution in [0.3, 0.4) is 0 Å². The Balaban J connectivity index is 1.80. The van der Waals surface area contributed by atoms with Crippen LogP contribution >= 0.6 is 11.6 Å². The van der Waals surface area contributed by atoms with E-state index in [1.807, 2.05) is 35.2 Å². The molecule has 5 rings (SSSR count). The summed E-state index contributed by atoms with van der Waals surface area (Å²) in [7, 11) is 1.53. The summed E-state index contributed by atoms with van der Waals surface area (Å²) in [5, 5.41) is 11.1. The Morgan fingerprint density at radius 2 is 1.83 bits per heavy atom. The molecule has 174 valence electrons. The fourth-order valence-electron chi connectivity index (χ4n) is 5.42. The quantitative estimate of drug-likeness (QED) is 0.535. The summed E-state index contributed by atoms with van der Waals surface area (Å²) in [5.74, 6) is -1.33. The van der Waals surface area contributed by atoms with E-state index >= 15 is 0 Å². The van der Waals surface area contributed by atoms with E-state index in [9.17, 15) is 14.9 Å². The third-order valence-electron chi connectivity index (χ3n) is 6.99. The molecule has 1 saturated heterocycles. The first-order valence-electron chi connectivity index (χ1n) is 11.1. The van der Waals surface area contributed by atoms with Crippen LogP contribution in [0.25, 0.3) is 6.08 Å². The Kier molecular flexibility index (Phi) is 5.58. The molecule has 0 aromatic heterocycles. The molecule has 3 aromatic carbocycles. The Morgan fingerprint density at radius 1 is 1.09 bits per heavy atom. The van der Waals surface area contributed by atoms with Gasteiger partial charge in [0.2, 0.25) is 5.91 Å². The number of para-hydroxylation sites is 1. The molecule has 6 nitrogen and oxygen atoms in total. The number of amides is 1. The number of Topliss-reactive ketones (excluding diaryl/α,β-unsaturated/α-hetero) is 1. The summed E-state index contributed by atoms with van der Waals surface area (Å²) in [6, 6.07) is 22.0. The van der Waals surface area contributed by atoms with Gasteiger partial charge in [0.05, 0.1) is 19.2 Å². The number of nitriles is 1. The van der Waals surface area contributed by atoms with Crippen molar-refractivity contribution in [1.82, 2.24) is 0 Å². The molecule has 0 saturated carbocycles. The molecule has 0 aliphatic carbocycles. The van der Waals surface area contributed by atoms with Crippen LogP contribution in [0.1, 0.15) is 27.4 Å². The summed E-state index contributed by atoms with van der Waals surface area (Å²) in [6.07, 6.45) is 3.68. The van der Waals surface area contributed by atoms with E-state index in [2.05, 4.69) is 6.07 Å². The minimum atomic E-state index is -1.70. The number of ketones is 1. The number of nitrogens with two attached hydrogens (primary N) is 1. The number of rotatable bonds is 5. The normalized spacial score (nSPS) is 24.3. The highest BCUT2D eigenvalue weighted by atomic mass is 35.5. The summed E-state index contributed by atoms with van der Waals surface area (Å²) < 4.78 is 5.34. The van der Waals surface area contributed by atoms with Crippen molar-refractivity contribution >= 4 is 35.1 Å². The molecule has 2 aliphatic heterocycles. The van der Waals surface area contributed by atoms with E-state index in [1.165, 1.54) is 7.11 Å². The molecule has 0 radical (unpaired) electrons. The Hall–Kier alpha value is -4.08. The Bertz CT molecular complexity index is 1400. The average molecular weight is 484 g/mol. The van der Waals surface area contributed by atoms with Gasteiger partial charge in [0, 0.05) is 22.2 Å². The van der Waals surface area contributed by atoms with E-state index in [-0.39, 0.29) is 5.78 Å². The molecule has 7 heteroatoms. The molecule has 3 aromatic rings. The molecule has 4 atom stereocenters. The standard InChI is InChI=1S/C28H22ClN3O3/c1-35-21-7-4-6-19(15-21)26(33)25-24(18-9-12-20(29)13-10-18)28(16-30,27(31)34)23-14-11-17-5-2-3-8-22(17)32(23)25/h2-15,23-25H,1H3,(H2,31,34)/t23-,24-,25-,28+/m0/s1. The third-order valence-corrected chi connectivity index (χ3v) is 7.24. The highest BCUT2D eigenvalue weighted by molar-refractivity contribution is 6.30. The van der Waals surface area contributed by atoms with Gasteiger partial charge in [0.15, 0.2) is 11.2 Å². The second kappa shape index (κ2) is 8.61. The van der Waals surface area contributed by atoms with Crippen molar-refractivity contribution in [2.45, 2.75) is 18.0 Å². The lowest BCUT2D eigenvalue weighted by Gasteiger charge is -2.36. The first-order valence-corrected chi connectivity index (χ1v) is 11.5. The Labute approximate surface area is 208 Å². The van der Waals surface area contributed by atoms with Gasteiger partial charge in [-0.3, -0.25) is 9.59 Å². The molecular weight excluding hydrogens is 462 g/mol. The van der Waals surface area contributed by atoms with Crippen molar-refractivity contribution in [1.29, 1.82) is 5.26 Å². The number of anilines is 1. The van der Waals surface area contributed by atoms with Gasteiger partial charge in [0.25, 0.3) is 0 Å². The SMILES string of the molecule is COc1cccc(C(=O)[C@@H]2[C@H](c3ccc(Cl)cc3)[C@](C#N)(C(N)=O)[C@@H]3C=Cc4ccccc4N23)c1. The number of nitrogens with zero attached hydrogens (tertiary/aromatic N) is 2. The topological polar surface area (TPSA) is 96.4 Å². The van der Waals surface area contributed by atoms with Crippen molar-refractivity contribution in [3.8, 4) is 11.8 Å². The predicted octanol–water partition coefficient (Wildman–Crippen LogP) is 4.59. The molecule has 1 fully saturated rings. The molecule has 1 amide bonds. The zero-order valence-electron chi connectivity index (χ0n) is 18.9. The predicted molar refractivity (Wildman–Crippen MR) is 134 cm³/mol. The number of hydrogen-bond donors (Lipinski definition) is 1. The van der Waals surface area contributed by atoms with Gasteiger partial charge in [-0.25, -0.2) is 0 Å². The number of ether oxygens (including phenoxy) is 1. The van der Waals surface area contributed by atoms with E-state index < -0.39 is 29.3 Å². The number of methoxy groups -OCH3 is 1. The molecular formula is C28H22ClN3O3. The molecule has 2 heterocycles. The van der Waals surface area contributed by atoms with Crippen LogP contribution in [0.15, 0.2) is 78.9 Å². The number of hydrogen-bond acceptors (Lipinski definition) is 5. The summed E-state index contributed by atoms with van der Waals surface area (Å²) in [5.41, 5.74) is 7.00. The number of halogens is 1. The number of primary amides is 1. The monoisotopic (exact) mass is 483 g/mol. The second-order valence-corrected chi connectivity index (χ2v) is 9.12. The van der Waals surface area contributed by atoms with E-state index in [4.69, 9.17) is 22.1 Å². The zero-order valence-corrected chi connectivity index (χ0v) is 19.6. The second-order valence-electron chi connectivity index (χ2n) is 8.69. The smallest absolute Gasteiger partial charge is 0.241 e. The highest BCUT2D eigenvalue weighted by Crippen LogP contribution is 2.55. The largest absolute Gasteiger partial charge is 0.497 e. The molecule has 2 N–H and O–H groups in total. The minimum Gasteiger partial charge on any atom is -0.497 e. The van der Waals surface area contributed by atoms with Gasteiger partial charge in [-0.2, -0.15) is 5.26 Å². The van der Waals surface area contributed by atoms with Crippen LogP contribution < -0.4 is 15.4 Å². The van der Waals surface area contributed by atoms with Gasteiger partial charge >= 0.3 is 0 Å². The van der Waals surface area contributed by atoms with E-state index in [0.717, 1.165) is 11.3 Å². The highest BCUT2D eigenvalue weighted by Gasteiger charge is 2.65. The number of benzene rings is 3. The lowest BCUT2D eigenvalue weighted by Crippen LogP contribution is -2.49. The van der Waals surface area contributed by atoms with Crippen molar-refractivity contribution in [3.63, 3.8) is 0 Å². The third kappa shape index (κ3) is 3.39. The molecule has 35 heavy (non-hydrogen) atoms. The fourth-order valence-corrected chi connectivity index (χ4v) is 5.54. The van der Waals surface area contributed by atoms with Crippen LogP contribution in [0.2, 0.25) is 5.02 Å². The molecule has 0 unspecified atom stereocenters. The van der Waals surface area contributed by atoms with E-state index in [1.54, 1.807) is 54.6 Å². The average Bonchev–Trinajstić information content (AvgIpc) is 3.20. The van der Waals surface area contributed by atoms with Crippen LogP contribution in [-0.4, -0.2) is 30.9 Å². The van der Waals surface area contributed by atoms with Crippen LogP contribution in [0, 0.1) is 16.7 Å². The van der Waals surface area contributed by atoms with Gasteiger partial charge < -0.3 is 15.4 Å². The molecule has 0 bridgehead atoms. The van der Waals surface area contributed by atoms with Crippen molar-refractivity contribution in [2.24, 2.45) is 11.1 Å². The van der Waals surface area contributed by atoms with E-state index in [0.29, 0.717) is 21.9 Å². The van der Waals surface area contributed by atoms with Crippen LogP contribution in [0.4, 0.5) is 5.69 Å². The maximum Gasteiger partial charge on any atom is 0.241 e. The number of fused-ring (bicyclic) bond motifs is 3. The van der Waals surface area contributed by atoms with Gasteiger partial charge in [-0.15, -0.1) is 0 Å².